The molecule has 3 heterocycles. The Morgan fingerprint density at radius 2 is 2.19 bits per heavy atom. The molecule has 2 aromatic heterocycles. The molecule has 3 rings (SSSR count). The second-order valence-electron chi connectivity index (χ2n) is 5.80. The molecule has 12 nitrogen and oxygen atoms in total. The van der Waals surface area contributed by atoms with Crippen LogP contribution in [0.25, 0.3) is 5.65 Å². The minimum Gasteiger partial charge on any atom is -0.387 e. The Labute approximate surface area is 145 Å². The third-order valence-electron chi connectivity index (χ3n) is 4.19. The maximum Gasteiger partial charge on any atom is 0.567 e. The van der Waals surface area contributed by atoms with Crippen molar-refractivity contribution in [1.29, 1.82) is 5.26 Å². The molecule has 0 spiro atoms. The van der Waals surface area contributed by atoms with Crippen molar-refractivity contribution in [3.8, 4) is 6.07 Å². The Hall–Kier alpha value is -2.04. The number of nitriles is 1. The molecule has 6 N–H and O–H groups in total. The number of ether oxygens (including phenoxy) is 1. The first-order chi connectivity index (χ1) is 12.0. The minimum atomic E-state index is -4.64. The number of hydrogen-bond donors (Lipinski definition) is 5. The standard InChI is InChI=1S/C12H15FN6O6P/c1-11(13)8(20)6(3-24-26(21,22)23)25-12(11,4-14)7-2-16-10-9(15)17-5-18-19(7)10/h2,5-6,8,20-23H,3H2,1H3,(H2,15,17,18)/q+1/t6-,8-,11-,12+/m1/s1. The van der Waals surface area contributed by atoms with Gasteiger partial charge >= 0.3 is 8.17 Å². The Balaban J connectivity index is 2.07. The number of imidazole rings is 1. The van der Waals surface area contributed by atoms with E-state index in [0.717, 1.165) is 24.0 Å². The van der Waals surface area contributed by atoms with Gasteiger partial charge in [0.05, 0.1) is 6.20 Å². The van der Waals surface area contributed by atoms with E-state index in [2.05, 4.69) is 19.6 Å². The van der Waals surface area contributed by atoms with Crippen molar-refractivity contribution in [2.75, 3.05) is 12.3 Å². The smallest absolute Gasteiger partial charge is 0.387 e. The Morgan fingerprint density at radius 3 is 2.81 bits per heavy atom. The largest absolute Gasteiger partial charge is 0.567 e. The summed E-state index contributed by atoms with van der Waals surface area (Å²) in [7, 11) is -4.64. The zero-order chi connectivity index (χ0) is 19.3. The quantitative estimate of drug-likeness (QED) is 0.386. The number of nitrogens with zero attached hydrogens (tertiary/aromatic N) is 5. The minimum absolute atomic E-state index is 0.0197. The lowest BCUT2D eigenvalue weighted by atomic mass is 9.82. The summed E-state index contributed by atoms with van der Waals surface area (Å²) in [5, 5.41) is 23.8. The first kappa shape index (κ1) is 18.7. The summed E-state index contributed by atoms with van der Waals surface area (Å²) >= 11 is 0. The zero-order valence-electron chi connectivity index (χ0n) is 13.3. The molecule has 0 aliphatic carbocycles. The predicted molar refractivity (Wildman–Crippen MR) is 82.4 cm³/mol. The monoisotopic (exact) mass is 389 g/mol. The van der Waals surface area contributed by atoms with E-state index in [1.54, 1.807) is 6.07 Å². The van der Waals surface area contributed by atoms with E-state index in [4.69, 9.17) is 25.2 Å². The van der Waals surface area contributed by atoms with E-state index >= 15 is 4.39 Å². The van der Waals surface area contributed by atoms with Crippen molar-refractivity contribution in [2.45, 2.75) is 30.4 Å². The summed E-state index contributed by atoms with van der Waals surface area (Å²) in [4.78, 5) is 34.4. The van der Waals surface area contributed by atoms with Gasteiger partial charge in [0.15, 0.2) is 17.1 Å². The van der Waals surface area contributed by atoms with Gasteiger partial charge in [0.25, 0.3) is 0 Å². The van der Waals surface area contributed by atoms with Crippen molar-refractivity contribution in [3.05, 3.63) is 18.2 Å². The molecule has 14 heteroatoms. The molecule has 0 unspecified atom stereocenters. The fourth-order valence-corrected chi connectivity index (χ4v) is 3.19. The Morgan fingerprint density at radius 1 is 1.50 bits per heavy atom. The Kier molecular flexibility index (Phi) is 4.32. The predicted octanol–water partition coefficient (Wildman–Crippen LogP) is -1.42. The number of halogens is 1. The molecule has 1 aliphatic heterocycles. The summed E-state index contributed by atoms with van der Waals surface area (Å²) in [6, 6.07) is 1.69. The van der Waals surface area contributed by atoms with E-state index in [1.165, 1.54) is 0 Å². The van der Waals surface area contributed by atoms with Crippen LogP contribution in [0.5, 0.6) is 0 Å². The molecule has 0 amide bonds. The highest BCUT2D eigenvalue weighted by Gasteiger charge is 2.67. The van der Waals surface area contributed by atoms with Gasteiger partial charge in [0.2, 0.25) is 5.60 Å². The van der Waals surface area contributed by atoms with Crippen LogP contribution in [0.2, 0.25) is 0 Å². The molecule has 0 saturated carbocycles. The van der Waals surface area contributed by atoms with E-state index in [9.17, 15) is 10.4 Å². The average molecular weight is 389 g/mol. The van der Waals surface area contributed by atoms with Crippen LogP contribution in [0.4, 0.5) is 10.2 Å². The molecule has 1 fully saturated rings. The summed E-state index contributed by atoms with van der Waals surface area (Å²) < 4.78 is 26.3. The van der Waals surface area contributed by atoms with Crippen LogP contribution in [0.1, 0.15) is 12.6 Å². The number of alkyl halides is 1. The molecule has 4 atom stereocenters. The first-order valence-corrected chi connectivity index (χ1v) is 8.72. The van der Waals surface area contributed by atoms with Crippen LogP contribution in [0.15, 0.2) is 12.5 Å². The number of fused-ring (bicyclic) bond motifs is 1. The van der Waals surface area contributed by atoms with Gasteiger partial charge < -0.3 is 15.6 Å². The van der Waals surface area contributed by atoms with Gasteiger partial charge in [-0.05, 0) is 6.92 Å². The molecule has 1 saturated heterocycles. The number of anilines is 1. The maximum atomic E-state index is 15.4. The highest BCUT2D eigenvalue weighted by Crippen LogP contribution is 2.51. The number of nitrogen functional groups attached to an aromatic ring is 1. The van der Waals surface area contributed by atoms with Gasteiger partial charge in [-0.25, -0.2) is 18.9 Å². The van der Waals surface area contributed by atoms with Crippen molar-refractivity contribution >= 4 is 19.6 Å². The zero-order valence-corrected chi connectivity index (χ0v) is 14.2. The molecular formula is C12H15FN6O6P+. The number of aliphatic hydroxyl groups excluding tert-OH is 1. The topological polar surface area (TPSA) is 192 Å². The van der Waals surface area contributed by atoms with Crippen molar-refractivity contribution < 1.29 is 33.4 Å². The maximum absolute atomic E-state index is 15.4. The lowest BCUT2D eigenvalue weighted by Crippen LogP contribution is -2.48. The van der Waals surface area contributed by atoms with Crippen LogP contribution in [0, 0.1) is 11.3 Å². The van der Waals surface area contributed by atoms with E-state index in [-0.39, 0.29) is 17.2 Å². The molecular weight excluding hydrogens is 374 g/mol. The van der Waals surface area contributed by atoms with E-state index in [1.807, 2.05) is 0 Å². The van der Waals surface area contributed by atoms with Gasteiger partial charge in [-0.1, -0.05) is 0 Å². The summed E-state index contributed by atoms with van der Waals surface area (Å²) in [5.74, 6) is -0.0197. The number of aliphatic hydroxyl groups is 1. The number of nitrogens with two attached hydrogens (primary N) is 1. The van der Waals surface area contributed by atoms with Gasteiger partial charge in [0.1, 0.15) is 36.9 Å². The van der Waals surface area contributed by atoms with Crippen molar-refractivity contribution in [3.63, 3.8) is 0 Å². The van der Waals surface area contributed by atoms with Crippen LogP contribution in [-0.4, -0.2) is 63.9 Å². The SMILES string of the molecule is C[C@@]1(F)[C@H](O)[C@@H](CO[P+](O)(O)O)O[C@@]1(C#N)c1cnc2c(N)ncnn12. The summed E-state index contributed by atoms with van der Waals surface area (Å²) in [5.41, 5.74) is 0.517. The van der Waals surface area contributed by atoms with E-state index in [0.29, 0.717) is 0 Å². The van der Waals surface area contributed by atoms with Crippen LogP contribution in [0.3, 0.4) is 0 Å². The second kappa shape index (κ2) is 6.00. The highest BCUT2D eigenvalue weighted by atomic mass is 31.2. The lowest BCUT2D eigenvalue weighted by molar-refractivity contribution is -0.0724. The van der Waals surface area contributed by atoms with Crippen LogP contribution < -0.4 is 5.73 Å². The number of rotatable bonds is 4. The third kappa shape index (κ3) is 2.68. The highest BCUT2D eigenvalue weighted by molar-refractivity contribution is 7.53. The van der Waals surface area contributed by atoms with Crippen molar-refractivity contribution in [2.24, 2.45) is 0 Å². The Bertz CT molecular complexity index is 881. The van der Waals surface area contributed by atoms with Gasteiger partial charge in [-0.15, -0.1) is 0 Å². The van der Waals surface area contributed by atoms with Gasteiger partial charge in [0, 0.05) is 0 Å². The number of aromatic nitrogens is 4. The fourth-order valence-electron chi connectivity index (χ4n) is 2.84. The normalized spacial score (nSPS) is 32.0. The summed E-state index contributed by atoms with van der Waals surface area (Å²) in [6.45, 7) is 0.152. The third-order valence-corrected chi connectivity index (χ3v) is 4.68. The molecule has 0 radical (unpaired) electrons. The number of hydrogen-bond acceptors (Lipinski definition) is 11. The molecule has 1 aliphatic rings. The average Bonchev–Trinajstić information content (AvgIpc) is 3.06. The van der Waals surface area contributed by atoms with Crippen LogP contribution in [-0.2, 0) is 14.9 Å². The molecule has 0 aromatic carbocycles. The molecule has 2 aromatic rings. The van der Waals surface area contributed by atoms with Crippen molar-refractivity contribution in [1.82, 2.24) is 19.6 Å². The second-order valence-corrected chi connectivity index (χ2v) is 7.09. The lowest BCUT2D eigenvalue weighted by Gasteiger charge is -2.30. The van der Waals surface area contributed by atoms with Gasteiger partial charge in [-0.2, -0.15) is 29.6 Å². The van der Waals surface area contributed by atoms with Crippen LogP contribution >= 0.6 is 8.17 Å². The molecule has 26 heavy (non-hydrogen) atoms. The molecule has 140 valence electrons. The van der Waals surface area contributed by atoms with E-state index < -0.39 is 38.3 Å². The molecule has 0 bridgehead atoms. The fraction of sp³-hybridized carbons (Fsp3) is 0.500. The van der Waals surface area contributed by atoms with Gasteiger partial charge in [-0.3, -0.25) is 0 Å². The summed E-state index contributed by atoms with van der Waals surface area (Å²) in [6.07, 6.45) is -1.22. The first-order valence-electron chi connectivity index (χ1n) is 7.16.